The van der Waals surface area contributed by atoms with Gasteiger partial charge in [-0.05, 0) is 24.6 Å². The summed E-state index contributed by atoms with van der Waals surface area (Å²) >= 11 is 0. The summed E-state index contributed by atoms with van der Waals surface area (Å²) in [6.45, 7) is 1.35. The van der Waals surface area contributed by atoms with Crippen molar-refractivity contribution in [3.63, 3.8) is 0 Å². The largest absolute Gasteiger partial charge is 0.456 e. The molecule has 2 aromatic carbocycles. The van der Waals surface area contributed by atoms with E-state index in [-0.39, 0.29) is 12.6 Å². The molecule has 0 aliphatic heterocycles. The standard InChI is InChI=1S/C18H20N2O4/c21-9-11-23-10-3-8-19-18(22)20-13-6-7-15-14-4-1-2-5-16(14)24-17(15)12-13/h1-2,4-7,12,21H,3,8-11H2,(H2,19,20,22). The lowest BCUT2D eigenvalue weighted by atomic mass is 10.1. The summed E-state index contributed by atoms with van der Waals surface area (Å²) in [7, 11) is 0. The zero-order valence-corrected chi connectivity index (χ0v) is 13.2. The van der Waals surface area contributed by atoms with E-state index < -0.39 is 0 Å². The summed E-state index contributed by atoms with van der Waals surface area (Å²) in [4.78, 5) is 11.9. The van der Waals surface area contributed by atoms with Gasteiger partial charge in [0.25, 0.3) is 0 Å². The lowest BCUT2D eigenvalue weighted by Gasteiger charge is -2.07. The van der Waals surface area contributed by atoms with Crippen molar-refractivity contribution >= 4 is 33.7 Å². The van der Waals surface area contributed by atoms with Gasteiger partial charge in [-0.25, -0.2) is 4.79 Å². The summed E-state index contributed by atoms with van der Waals surface area (Å²) in [5, 5.41) is 16.2. The van der Waals surface area contributed by atoms with Crippen LogP contribution in [-0.2, 0) is 4.74 Å². The van der Waals surface area contributed by atoms with E-state index in [2.05, 4.69) is 10.6 Å². The van der Waals surface area contributed by atoms with E-state index in [1.165, 1.54) is 0 Å². The number of hydrogen-bond donors (Lipinski definition) is 3. The molecule has 0 aliphatic carbocycles. The van der Waals surface area contributed by atoms with Crippen molar-refractivity contribution in [2.24, 2.45) is 0 Å². The molecule has 0 aliphatic rings. The van der Waals surface area contributed by atoms with E-state index in [4.69, 9.17) is 14.3 Å². The highest BCUT2D eigenvalue weighted by Crippen LogP contribution is 2.30. The summed E-state index contributed by atoms with van der Waals surface area (Å²) < 4.78 is 10.9. The fourth-order valence-electron chi connectivity index (χ4n) is 2.52. The first kappa shape index (κ1) is 16.3. The molecule has 0 saturated carbocycles. The molecular formula is C18H20N2O4. The molecule has 3 N–H and O–H groups in total. The summed E-state index contributed by atoms with van der Waals surface area (Å²) in [6.07, 6.45) is 0.691. The van der Waals surface area contributed by atoms with E-state index in [0.717, 1.165) is 21.9 Å². The Bertz CT molecular complexity index is 828. The Morgan fingerprint density at radius 2 is 1.92 bits per heavy atom. The van der Waals surface area contributed by atoms with Gasteiger partial charge in [0.1, 0.15) is 11.2 Å². The van der Waals surface area contributed by atoms with Crippen LogP contribution in [0, 0.1) is 0 Å². The van der Waals surface area contributed by atoms with Crippen molar-refractivity contribution in [2.45, 2.75) is 6.42 Å². The number of furan rings is 1. The number of aliphatic hydroxyl groups is 1. The van der Waals surface area contributed by atoms with Crippen molar-refractivity contribution in [1.29, 1.82) is 0 Å². The molecule has 2 amide bonds. The van der Waals surface area contributed by atoms with Crippen LogP contribution in [0.3, 0.4) is 0 Å². The first-order valence-corrected chi connectivity index (χ1v) is 7.92. The second kappa shape index (κ2) is 7.81. The van der Waals surface area contributed by atoms with Gasteiger partial charge in [-0.15, -0.1) is 0 Å². The second-order valence-corrected chi connectivity index (χ2v) is 5.38. The Hall–Kier alpha value is -2.57. The highest BCUT2D eigenvalue weighted by molar-refractivity contribution is 6.06. The molecule has 3 rings (SSSR count). The molecular weight excluding hydrogens is 308 g/mol. The van der Waals surface area contributed by atoms with E-state index >= 15 is 0 Å². The normalized spacial score (nSPS) is 11.0. The SMILES string of the molecule is O=C(NCCCOCCO)Nc1ccc2c(c1)oc1ccccc12. The lowest BCUT2D eigenvalue weighted by molar-refractivity contribution is 0.0910. The molecule has 24 heavy (non-hydrogen) atoms. The number of hydrogen-bond acceptors (Lipinski definition) is 4. The maximum Gasteiger partial charge on any atom is 0.319 e. The highest BCUT2D eigenvalue weighted by atomic mass is 16.5. The minimum atomic E-state index is -0.271. The Balaban J connectivity index is 1.57. The van der Waals surface area contributed by atoms with Gasteiger partial charge in [0, 0.05) is 35.7 Å². The zero-order chi connectivity index (χ0) is 16.8. The van der Waals surface area contributed by atoms with Gasteiger partial charge >= 0.3 is 6.03 Å². The molecule has 1 aromatic heterocycles. The second-order valence-electron chi connectivity index (χ2n) is 5.38. The van der Waals surface area contributed by atoms with E-state index in [1.54, 1.807) is 0 Å². The number of benzene rings is 2. The van der Waals surface area contributed by atoms with Crippen LogP contribution in [-0.4, -0.2) is 37.5 Å². The van der Waals surface area contributed by atoms with Gasteiger partial charge in [0.05, 0.1) is 13.2 Å². The van der Waals surface area contributed by atoms with Gasteiger partial charge in [-0.3, -0.25) is 0 Å². The number of amides is 2. The Labute approximate surface area is 139 Å². The maximum absolute atomic E-state index is 11.9. The predicted octanol–water partition coefficient (Wildman–Crippen LogP) is 3.11. The highest BCUT2D eigenvalue weighted by Gasteiger charge is 2.08. The number of ether oxygens (including phenoxy) is 1. The van der Waals surface area contributed by atoms with E-state index in [1.807, 2.05) is 42.5 Å². The van der Waals surface area contributed by atoms with Crippen LogP contribution in [0.2, 0.25) is 0 Å². The van der Waals surface area contributed by atoms with Crippen LogP contribution in [0.25, 0.3) is 21.9 Å². The number of fused-ring (bicyclic) bond motifs is 3. The summed E-state index contributed by atoms with van der Waals surface area (Å²) in [6, 6.07) is 13.2. The molecule has 126 valence electrons. The van der Waals surface area contributed by atoms with Crippen LogP contribution < -0.4 is 10.6 Å². The average molecular weight is 328 g/mol. The Morgan fingerprint density at radius 1 is 1.08 bits per heavy atom. The van der Waals surface area contributed by atoms with Crippen LogP contribution in [0.5, 0.6) is 0 Å². The summed E-state index contributed by atoms with van der Waals surface area (Å²) in [5.41, 5.74) is 2.25. The Morgan fingerprint density at radius 3 is 2.79 bits per heavy atom. The molecule has 3 aromatic rings. The van der Waals surface area contributed by atoms with Gasteiger partial charge < -0.3 is 24.9 Å². The number of anilines is 1. The van der Waals surface area contributed by atoms with Crippen molar-refractivity contribution in [1.82, 2.24) is 5.32 Å². The fourth-order valence-corrected chi connectivity index (χ4v) is 2.52. The number of aliphatic hydroxyl groups excluding tert-OH is 1. The predicted molar refractivity (Wildman–Crippen MR) is 93.3 cm³/mol. The van der Waals surface area contributed by atoms with Crippen molar-refractivity contribution < 1.29 is 19.1 Å². The van der Waals surface area contributed by atoms with E-state index in [0.29, 0.717) is 31.9 Å². The molecule has 6 nitrogen and oxygen atoms in total. The Kier molecular flexibility index (Phi) is 5.30. The fraction of sp³-hybridized carbons (Fsp3) is 0.278. The minimum Gasteiger partial charge on any atom is -0.456 e. The van der Waals surface area contributed by atoms with Crippen LogP contribution >= 0.6 is 0 Å². The zero-order valence-electron chi connectivity index (χ0n) is 13.2. The average Bonchev–Trinajstić information content (AvgIpc) is 2.95. The minimum absolute atomic E-state index is 0.0121. The van der Waals surface area contributed by atoms with Gasteiger partial charge in [0.15, 0.2) is 0 Å². The van der Waals surface area contributed by atoms with Gasteiger partial charge in [-0.1, -0.05) is 18.2 Å². The number of carbonyl (C=O) groups excluding carboxylic acids is 1. The quantitative estimate of drug-likeness (QED) is 0.582. The molecule has 0 unspecified atom stereocenters. The van der Waals surface area contributed by atoms with Gasteiger partial charge in [-0.2, -0.15) is 0 Å². The number of urea groups is 1. The monoisotopic (exact) mass is 328 g/mol. The first-order chi connectivity index (χ1) is 11.8. The third kappa shape index (κ3) is 3.84. The third-order valence-electron chi connectivity index (χ3n) is 3.62. The topological polar surface area (TPSA) is 83.7 Å². The van der Waals surface area contributed by atoms with E-state index in [9.17, 15) is 4.79 Å². The number of nitrogens with one attached hydrogen (secondary N) is 2. The molecule has 0 bridgehead atoms. The smallest absolute Gasteiger partial charge is 0.319 e. The van der Waals surface area contributed by atoms with Crippen LogP contribution in [0.4, 0.5) is 10.5 Å². The molecule has 0 radical (unpaired) electrons. The molecule has 0 atom stereocenters. The third-order valence-corrected chi connectivity index (χ3v) is 3.62. The van der Waals surface area contributed by atoms with Crippen molar-refractivity contribution in [3.05, 3.63) is 42.5 Å². The number of rotatable bonds is 7. The maximum atomic E-state index is 11.9. The number of carbonyl (C=O) groups is 1. The van der Waals surface area contributed by atoms with Crippen molar-refractivity contribution in [2.75, 3.05) is 31.7 Å². The molecule has 1 heterocycles. The van der Waals surface area contributed by atoms with Crippen molar-refractivity contribution in [3.8, 4) is 0 Å². The van der Waals surface area contributed by atoms with Gasteiger partial charge in [0.2, 0.25) is 0 Å². The molecule has 0 saturated heterocycles. The number of para-hydroxylation sites is 1. The van der Waals surface area contributed by atoms with Crippen LogP contribution in [0.1, 0.15) is 6.42 Å². The lowest BCUT2D eigenvalue weighted by Crippen LogP contribution is -2.30. The first-order valence-electron chi connectivity index (χ1n) is 7.92. The summed E-state index contributed by atoms with van der Waals surface area (Å²) in [5.74, 6) is 0. The van der Waals surface area contributed by atoms with Crippen LogP contribution in [0.15, 0.2) is 46.9 Å². The molecule has 6 heteroatoms. The molecule has 0 fully saturated rings. The molecule has 0 spiro atoms.